The van der Waals surface area contributed by atoms with E-state index >= 15 is 0 Å². The maximum atomic E-state index is 11.8. The van der Waals surface area contributed by atoms with E-state index in [2.05, 4.69) is 26.3 Å². The minimum Gasteiger partial charge on any atom is -0.414 e. The van der Waals surface area contributed by atoms with Crippen molar-refractivity contribution >= 4 is 23.9 Å². The summed E-state index contributed by atoms with van der Waals surface area (Å²) in [5, 5.41) is 0. The van der Waals surface area contributed by atoms with Gasteiger partial charge in [-0.15, -0.1) is 0 Å². The fourth-order valence-electron chi connectivity index (χ4n) is 1.09. The summed E-state index contributed by atoms with van der Waals surface area (Å²) in [4.78, 5) is 47.2. The fraction of sp³-hybridized carbons (Fsp3) is 0.333. The lowest BCUT2D eigenvalue weighted by Gasteiger charge is -2.26. The van der Waals surface area contributed by atoms with E-state index < -0.39 is 36.5 Å². The Kier molecular flexibility index (Phi) is 8.76. The second kappa shape index (κ2) is 9.97. The molecule has 8 heteroatoms. The van der Waals surface area contributed by atoms with Gasteiger partial charge >= 0.3 is 36.5 Å². The van der Waals surface area contributed by atoms with Gasteiger partial charge in [0.2, 0.25) is 0 Å². The van der Waals surface area contributed by atoms with E-state index in [-0.39, 0.29) is 22.3 Å². The van der Waals surface area contributed by atoms with Gasteiger partial charge < -0.3 is 18.9 Å². The molecule has 0 aliphatic heterocycles. The van der Waals surface area contributed by atoms with Crippen LogP contribution >= 0.6 is 0 Å². The van der Waals surface area contributed by atoms with Crippen LogP contribution in [0.5, 0.6) is 0 Å². The maximum Gasteiger partial charge on any atom is 0.336 e. The van der Waals surface area contributed by atoms with E-state index in [0.717, 1.165) is 0 Å². The topological polar surface area (TPSA) is 105 Å². The highest BCUT2D eigenvalue weighted by atomic mass is 16.8. The van der Waals surface area contributed by atoms with Gasteiger partial charge in [0.25, 0.3) is 0 Å². The van der Waals surface area contributed by atoms with Crippen molar-refractivity contribution < 1.29 is 38.1 Å². The Balaban J connectivity index is 5.75. The van der Waals surface area contributed by atoms with Crippen LogP contribution in [0.4, 0.5) is 0 Å². The van der Waals surface area contributed by atoms with Crippen LogP contribution in [-0.2, 0) is 38.1 Å². The Morgan fingerprint density at radius 2 is 0.654 bits per heavy atom. The third-order valence-corrected chi connectivity index (χ3v) is 2.51. The Morgan fingerprint density at radius 1 is 0.500 bits per heavy atom. The highest BCUT2D eigenvalue weighted by Gasteiger charge is 2.36. The first-order valence-electron chi connectivity index (χ1n) is 7.32. The van der Waals surface area contributed by atoms with Crippen molar-refractivity contribution in [2.45, 2.75) is 40.3 Å². The second-order valence-electron chi connectivity index (χ2n) is 5.48. The first-order valence-corrected chi connectivity index (χ1v) is 7.32. The molecule has 0 unspecified atom stereocenters. The highest BCUT2D eigenvalue weighted by Crippen LogP contribution is 2.15. The quantitative estimate of drug-likeness (QED) is 0.347. The van der Waals surface area contributed by atoms with Crippen LogP contribution in [0, 0.1) is 0 Å². The molecule has 0 atom stereocenters. The van der Waals surface area contributed by atoms with Crippen LogP contribution in [0.3, 0.4) is 0 Å². The van der Waals surface area contributed by atoms with Crippen LogP contribution < -0.4 is 0 Å². The van der Waals surface area contributed by atoms with Crippen LogP contribution in [0.1, 0.15) is 27.7 Å². The number of carbonyl (C=O) groups excluding carboxylic acids is 4. The van der Waals surface area contributed by atoms with Crippen LogP contribution in [-0.4, -0.2) is 36.5 Å². The Hall–Kier alpha value is -3.16. The average molecular weight is 366 g/mol. The summed E-state index contributed by atoms with van der Waals surface area (Å²) >= 11 is 0. The van der Waals surface area contributed by atoms with Crippen molar-refractivity contribution in [1.29, 1.82) is 0 Å². The lowest BCUT2D eigenvalue weighted by atomic mass is 10.3. The maximum absolute atomic E-state index is 11.8. The van der Waals surface area contributed by atoms with Gasteiger partial charge in [-0.25, -0.2) is 19.2 Å². The molecular formula is C18H22O8. The molecule has 142 valence electrons. The molecule has 0 aromatic heterocycles. The Bertz CT molecular complexity index is 557. The minimum absolute atomic E-state index is 0.0300. The average Bonchev–Trinajstić information content (AvgIpc) is 2.52. The van der Waals surface area contributed by atoms with Crippen LogP contribution in [0.15, 0.2) is 48.6 Å². The molecule has 0 N–H and O–H groups in total. The van der Waals surface area contributed by atoms with Gasteiger partial charge in [0.1, 0.15) is 0 Å². The predicted molar refractivity (Wildman–Crippen MR) is 91.2 cm³/mol. The van der Waals surface area contributed by atoms with Crippen molar-refractivity contribution in [3.8, 4) is 0 Å². The molecular weight excluding hydrogens is 344 g/mol. The van der Waals surface area contributed by atoms with Gasteiger partial charge in [-0.2, -0.15) is 0 Å². The van der Waals surface area contributed by atoms with Gasteiger partial charge in [0, 0.05) is 22.3 Å². The molecule has 0 radical (unpaired) electrons. The van der Waals surface area contributed by atoms with E-state index in [4.69, 9.17) is 18.9 Å². The largest absolute Gasteiger partial charge is 0.414 e. The molecule has 8 nitrogen and oxygen atoms in total. The summed E-state index contributed by atoms with van der Waals surface area (Å²) in [6, 6.07) is 0. The van der Waals surface area contributed by atoms with Gasteiger partial charge in [0.15, 0.2) is 0 Å². The van der Waals surface area contributed by atoms with Gasteiger partial charge in [-0.3, -0.25) is 0 Å². The minimum atomic E-state index is -1.89. The SMILES string of the molecule is C=C(C)C(=O)OC(OC(=O)C(=C)C)C(OC(=O)C(=C)C)OC(=O)C(=C)C. The van der Waals surface area contributed by atoms with Gasteiger partial charge in [-0.05, 0) is 27.7 Å². The molecule has 0 aliphatic carbocycles. The number of hydrogen-bond donors (Lipinski definition) is 0. The van der Waals surface area contributed by atoms with E-state index in [9.17, 15) is 19.2 Å². The zero-order chi connectivity index (χ0) is 20.6. The molecule has 0 bridgehead atoms. The zero-order valence-electron chi connectivity index (χ0n) is 15.2. The molecule has 0 fully saturated rings. The summed E-state index contributed by atoms with van der Waals surface area (Å²) in [5.41, 5.74) is -0.120. The summed E-state index contributed by atoms with van der Waals surface area (Å²) in [6.07, 6.45) is -3.79. The van der Waals surface area contributed by atoms with Gasteiger partial charge in [0.05, 0.1) is 0 Å². The summed E-state index contributed by atoms with van der Waals surface area (Å²) in [7, 11) is 0. The van der Waals surface area contributed by atoms with Crippen LogP contribution in [0.25, 0.3) is 0 Å². The number of rotatable bonds is 9. The van der Waals surface area contributed by atoms with Crippen molar-refractivity contribution in [1.82, 2.24) is 0 Å². The van der Waals surface area contributed by atoms with Crippen LogP contribution in [0.2, 0.25) is 0 Å². The number of hydrogen-bond acceptors (Lipinski definition) is 8. The normalized spacial score (nSPS) is 9.92. The Labute approximate surface area is 151 Å². The molecule has 0 aromatic rings. The molecule has 0 rings (SSSR count). The monoisotopic (exact) mass is 366 g/mol. The molecule has 0 saturated carbocycles. The summed E-state index contributed by atoms with van der Waals surface area (Å²) in [6.45, 7) is 18.9. The third-order valence-electron chi connectivity index (χ3n) is 2.51. The smallest absolute Gasteiger partial charge is 0.336 e. The summed E-state index contributed by atoms with van der Waals surface area (Å²) in [5.74, 6) is -3.86. The zero-order valence-corrected chi connectivity index (χ0v) is 15.2. The molecule has 0 amide bonds. The van der Waals surface area contributed by atoms with E-state index in [0.29, 0.717) is 0 Å². The number of ether oxygens (including phenoxy) is 4. The molecule has 0 aliphatic rings. The molecule has 26 heavy (non-hydrogen) atoms. The lowest BCUT2D eigenvalue weighted by Crippen LogP contribution is -2.42. The van der Waals surface area contributed by atoms with Crippen molar-refractivity contribution in [3.05, 3.63) is 48.6 Å². The van der Waals surface area contributed by atoms with E-state index in [1.165, 1.54) is 27.7 Å². The standard InChI is InChI=1S/C18H22O8/c1-9(2)13(19)23-17(24-14(20)10(3)4)18(25-15(21)11(5)6)26-16(22)12(7)8/h17-18H,1,3,5,7H2,2,4,6,8H3. The van der Waals surface area contributed by atoms with Crippen molar-refractivity contribution in [3.63, 3.8) is 0 Å². The predicted octanol–water partition coefficient (Wildman–Crippen LogP) is 2.12. The number of esters is 4. The molecule has 0 saturated heterocycles. The lowest BCUT2D eigenvalue weighted by molar-refractivity contribution is -0.255. The summed E-state index contributed by atoms with van der Waals surface area (Å²) < 4.78 is 19.7. The highest BCUT2D eigenvalue weighted by molar-refractivity contribution is 5.90. The van der Waals surface area contributed by atoms with Crippen molar-refractivity contribution in [2.75, 3.05) is 0 Å². The third kappa shape index (κ3) is 7.61. The molecule has 0 spiro atoms. The molecule has 0 aromatic carbocycles. The first-order chi connectivity index (χ1) is 11.9. The Morgan fingerprint density at radius 3 is 0.769 bits per heavy atom. The van der Waals surface area contributed by atoms with Crippen molar-refractivity contribution in [2.24, 2.45) is 0 Å². The molecule has 0 heterocycles. The van der Waals surface area contributed by atoms with E-state index in [1.54, 1.807) is 0 Å². The van der Waals surface area contributed by atoms with Gasteiger partial charge in [-0.1, -0.05) is 26.3 Å². The fourth-order valence-corrected chi connectivity index (χ4v) is 1.09. The van der Waals surface area contributed by atoms with E-state index in [1.807, 2.05) is 0 Å². The number of carbonyl (C=O) groups is 4. The second-order valence-corrected chi connectivity index (χ2v) is 5.48. The first kappa shape index (κ1) is 22.8.